The average Bonchev–Trinajstić information content (AvgIpc) is 3.02. The quantitative estimate of drug-likeness (QED) is 0.199. The molecule has 42 heavy (non-hydrogen) atoms. The molecule has 2 nitrogen and oxygen atoms in total. The molecule has 0 atom stereocenters. The van der Waals surface area contributed by atoms with E-state index < -0.39 is 0 Å². The molecule has 0 amide bonds. The molecule has 0 aliphatic heterocycles. The first-order chi connectivity index (χ1) is 20.5. The van der Waals surface area contributed by atoms with Crippen molar-refractivity contribution in [2.24, 2.45) is 0 Å². The van der Waals surface area contributed by atoms with E-state index in [1.807, 2.05) is 0 Å². The fourth-order valence-corrected chi connectivity index (χ4v) is 6.33. The van der Waals surface area contributed by atoms with Crippen LogP contribution in [0.25, 0.3) is 0 Å². The van der Waals surface area contributed by atoms with Gasteiger partial charge in [0.05, 0.1) is 11.4 Å². The summed E-state index contributed by atoms with van der Waals surface area (Å²) < 4.78 is 0. The molecule has 212 valence electrons. The number of nitrogens with zero attached hydrogens (tertiary/aromatic N) is 2. The molecule has 5 aromatic rings. The summed E-state index contributed by atoms with van der Waals surface area (Å²) >= 11 is 0. The van der Waals surface area contributed by atoms with Crippen LogP contribution >= 0.6 is 0 Å². The van der Waals surface area contributed by atoms with Gasteiger partial charge < -0.3 is 9.80 Å². The Kier molecular flexibility index (Phi) is 8.15. The smallest absolute Gasteiger partial charge is 0.0737 e. The van der Waals surface area contributed by atoms with Crippen molar-refractivity contribution in [3.63, 3.8) is 0 Å². The predicted octanol–water partition coefficient (Wildman–Crippen LogP) is 11.9. The Morgan fingerprint density at radius 2 is 0.810 bits per heavy atom. The number of hydrogen-bond acceptors (Lipinski definition) is 2. The number of hydrogen-bond donors (Lipinski definition) is 0. The third kappa shape index (κ3) is 5.85. The van der Waals surface area contributed by atoms with Crippen molar-refractivity contribution in [3.8, 4) is 0 Å². The number of rotatable bonds is 7. The summed E-state index contributed by atoms with van der Waals surface area (Å²) in [5, 5.41) is 0. The van der Waals surface area contributed by atoms with E-state index in [9.17, 15) is 0 Å². The van der Waals surface area contributed by atoms with Crippen LogP contribution in [0.2, 0.25) is 0 Å². The van der Waals surface area contributed by atoms with Gasteiger partial charge in [-0.15, -0.1) is 0 Å². The van der Waals surface area contributed by atoms with Gasteiger partial charge in [-0.05, 0) is 107 Å². The largest absolute Gasteiger partial charge is 0.308 e. The van der Waals surface area contributed by atoms with Crippen LogP contribution in [0.3, 0.4) is 0 Å². The van der Waals surface area contributed by atoms with Crippen LogP contribution in [0.5, 0.6) is 0 Å². The topological polar surface area (TPSA) is 6.48 Å². The third-order valence-electron chi connectivity index (χ3n) is 8.72. The lowest BCUT2D eigenvalue weighted by molar-refractivity contribution is 0.444. The van der Waals surface area contributed by atoms with E-state index in [0.29, 0.717) is 5.92 Å². The van der Waals surface area contributed by atoms with Crippen LogP contribution in [0, 0.1) is 27.7 Å². The zero-order chi connectivity index (χ0) is 29.1. The molecular weight excluding hydrogens is 508 g/mol. The molecule has 0 radical (unpaired) electrons. The lowest BCUT2D eigenvalue weighted by Crippen LogP contribution is -2.20. The normalized spacial score (nSPS) is 13.6. The Hall–Kier alpha value is -4.30. The van der Waals surface area contributed by atoms with Crippen LogP contribution in [-0.2, 0) is 0 Å². The Bertz CT molecular complexity index is 1520. The Morgan fingerprint density at radius 1 is 0.429 bits per heavy atom. The fraction of sp³-hybridized carbons (Fsp3) is 0.250. The SMILES string of the molecule is Cc1ccc(N(c2ccc(C)cc2)c2cccc(C3CCCCC3)c2N(c2ccc(C)cc2)c2ccc(C)cc2)cc1. The van der Waals surface area contributed by atoms with Crippen molar-refractivity contribution >= 4 is 34.1 Å². The molecule has 0 N–H and O–H groups in total. The number of anilines is 6. The second kappa shape index (κ2) is 12.3. The van der Waals surface area contributed by atoms with Crippen LogP contribution < -0.4 is 9.80 Å². The zero-order valence-electron chi connectivity index (χ0n) is 25.5. The van der Waals surface area contributed by atoms with Gasteiger partial charge in [0.2, 0.25) is 0 Å². The highest BCUT2D eigenvalue weighted by molar-refractivity contribution is 5.93. The molecule has 1 aliphatic carbocycles. The van der Waals surface area contributed by atoms with Crippen molar-refractivity contribution in [2.75, 3.05) is 9.80 Å². The monoisotopic (exact) mass is 550 g/mol. The molecule has 0 heterocycles. The first-order valence-electron chi connectivity index (χ1n) is 15.5. The second-order valence-electron chi connectivity index (χ2n) is 12.1. The van der Waals surface area contributed by atoms with Crippen molar-refractivity contribution in [1.82, 2.24) is 0 Å². The van der Waals surface area contributed by atoms with E-state index >= 15 is 0 Å². The van der Waals surface area contributed by atoms with Gasteiger partial charge in [0, 0.05) is 22.7 Å². The van der Waals surface area contributed by atoms with Gasteiger partial charge in [-0.25, -0.2) is 0 Å². The van der Waals surface area contributed by atoms with E-state index in [1.165, 1.54) is 94.0 Å². The molecule has 1 fully saturated rings. The maximum Gasteiger partial charge on any atom is 0.0737 e. The van der Waals surface area contributed by atoms with E-state index in [-0.39, 0.29) is 0 Å². The second-order valence-corrected chi connectivity index (χ2v) is 12.1. The minimum atomic E-state index is 0.532. The van der Waals surface area contributed by atoms with Crippen molar-refractivity contribution in [2.45, 2.75) is 65.7 Å². The lowest BCUT2D eigenvalue weighted by atomic mass is 9.82. The maximum atomic E-state index is 2.51. The highest BCUT2D eigenvalue weighted by atomic mass is 15.2. The number of aryl methyl sites for hydroxylation is 4. The van der Waals surface area contributed by atoms with Crippen molar-refractivity contribution in [1.29, 1.82) is 0 Å². The van der Waals surface area contributed by atoms with Crippen molar-refractivity contribution < 1.29 is 0 Å². The Morgan fingerprint density at radius 3 is 1.21 bits per heavy atom. The minimum absolute atomic E-state index is 0.532. The molecule has 0 spiro atoms. The fourth-order valence-electron chi connectivity index (χ4n) is 6.33. The summed E-state index contributed by atoms with van der Waals surface area (Å²) in [5.41, 5.74) is 13.7. The summed E-state index contributed by atoms with van der Waals surface area (Å²) in [4.78, 5) is 4.96. The number of para-hydroxylation sites is 1. The zero-order valence-corrected chi connectivity index (χ0v) is 25.5. The summed E-state index contributed by atoms with van der Waals surface area (Å²) in [6, 6.07) is 42.9. The molecule has 6 rings (SSSR count). The molecule has 0 bridgehead atoms. The van der Waals surface area contributed by atoms with Gasteiger partial charge in [0.15, 0.2) is 0 Å². The van der Waals surface area contributed by atoms with Gasteiger partial charge in [-0.2, -0.15) is 0 Å². The first-order valence-corrected chi connectivity index (χ1v) is 15.5. The average molecular weight is 551 g/mol. The summed E-state index contributed by atoms with van der Waals surface area (Å²) in [5.74, 6) is 0.532. The van der Waals surface area contributed by atoms with E-state index in [4.69, 9.17) is 0 Å². The van der Waals surface area contributed by atoms with Gasteiger partial charge in [-0.3, -0.25) is 0 Å². The molecule has 5 aromatic carbocycles. The van der Waals surface area contributed by atoms with Crippen LogP contribution in [-0.4, -0.2) is 0 Å². The van der Waals surface area contributed by atoms with E-state index in [1.54, 1.807) is 0 Å². The van der Waals surface area contributed by atoms with Gasteiger partial charge in [0.25, 0.3) is 0 Å². The summed E-state index contributed by atoms with van der Waals surface area (Å²) in [7, 11) is 0. The molecular formula is C40H42N2. The van der Waals surface area contributed by atoms with E-state index in [0.717, 1.165) is 0 Å². The lowest BCUT2D eigenvalue weighted by Gasteiger charge is -2.37. The molecule has 0 saturated heterocycles. The van der Waals surface area contributed by atoms with Gasteiger partial charge in [-0.1, -0.05) is 102 Å². The highest BCUT2D eigenvalue weighted by Crippen LogP contribution is 2.50. The minimum Gasteiger partial charge on any atom is -0.308 e. The summed E-state index contributed by atoms with van der Waals surface area (Å²) in [6.45, 7) is 8.65. The molecule has 1 saturated carbocycles. The standard InChI is InChI=1S/C40H42N2/c1-29-13-21-34(22-14-29)41(35-23-15-30(2)16-24-35)39-12-8-11-38(33-9-6-5-7-10-33)40(39)42(36-25-17-31(3)18-26-36)37-27-19-32(4)20-28-37/h8,11-28,33H,5-7,9-10H2,1-4H3. The summed E-state index contributed by atoms with van der Waals surface area (Å²) in [6.07, 6.45) is 6.40. The third-order valence-corrected chi connectivity index (χ3v) is 8.72. The maximum absolute atomic E-state index is 2.51. The van der Waals surface area contributed by atoms with Crippen LogP contribution in [0.1, 0.15) is 65.8 Å². The van der Waals surface area contributed by atoms with Crippen LogP contribution in [0.4, 0.5) is 34.1 Å². The van der Waals surface area contributed by atoms with Crippen molar-refractivity contribution in [3.05, 3.63) is 143 Å². The molecule has 2 heteroatoms. The van der Waals surface area contributed by atoms with Crippen LogP contribution in [0.15, 0.2) is 115 Å². The van der Waals surface area contributed by atoms with Gasteiger partial charge in [0.1, 0.15) is 0 Å². The number of benzene rings is 5. The predicted molar refractivity (Wildman–Crippen MR) is 181 cm³/mol. The Balaban J connectivity index is 1.66. The van der Waals surface area contributed by atoms with Gasteiger partial charge >= 0.3 is 0 Å². The first kappa shape index (κ1) is 27.8. The molecule has 0 unspecified atom stereocenters. The molecule has 0 aromatic heterocycles. The molecule has 1 aliphatic rings. The highest BCUT2D eigenvalue weighted by Gasteiger charge is 2.28. The Labute approximate surface area is 252 Å². The van der Waals surface area contributed by atoms with E-state index in [2.05, 4.69) is 153 Å².